The van der Waals surface area contributed by atoms with E-state index < -0.39 is 0 Å². The van der Waals surface area contributed by atoms with Gasteiger partial charge in [0, 0.05) is 23.4 Å². The summed E-state index contributed by atoms with van der Waals surface area (Å²) in [5, 5.41) is 5.02. The first-order chi connectivity index (χ1) is 10.7. The standard InChI is InChI=1S/C15H19N3O2S2/c1-9(6-20-2)18-12(19)7-21-14-13-10-4-3-5-11(10)22-15(13)17-8-16-14/h8-9H,3-7H2,1-2H3,(H,18,19). The quantitative estimate of drug-likeness (QED) is 0.648. The van der Waals surface area contributed by atoms with Gasteiger partial charge in [-0.15, -0.1) is 11.3 Å². The van der Waals surface area contributed by atoms with E-state index in [1.54, 1.807) is 24.8 Å². The molecule has 7 heteroatoms. The van der Waals surface area contributed by atoms with E-state index in [0.29, 0.717) is 12.4 Å². The SMILES string of the molecule is COCC(C)NC(=O)CSc1ncnc2sc3c(c12)CCC3. The number of amides is 1. The van der Waals surface area contributed by atoms with E-state index >= 15 is 0 Å². The van der Waals surface area contributed by atoms with Crippen molar-refractivity contribution in [1.29, 1.82) is 0 Å². The highest BCUT2D eigenvalue weighted by molar-refractivity contribution is 8.00. The Hall–Kier alpha value is -1.18. The Bertz CT molecular complexity index is 687. The fraction of sp³-hybridized carbons (Fsp3) is 0.533. The van der Waals surface area contributed by atoms with Crippen molar-refractivity contribution in [3.05, 3.63) is 16.8 Å². The molecule has 0 spiro atoms. The first kappa shape index (κ1) is 15.7. The Morgan fingerprint density at radius 3 is 3.18 bits per heavy atom. The molecule has 1 unspecified atom stereocenters. The number of rotatable bonds is 6. The minimum atomic E-state index is 0.00758. The summed E-state index contributed by atoms with van der Waals surface area (Å²) in [6.07, 6.45) is 5.07. The van der Waals surface area contributed by atoms with Crippen molar-refractivity contribution in [3.8, 4) is 0 Å². The largest absolute Gasteiger partial charge is 0.383 e. The maximum atomic E-state index is 12.0. The monoisotopic (exact) mass is 337 g/mol. The molecule has 0 aliphatic heterocycles. The molecular weight excluding hydrogens is 318 g/mol. The van der Waals surface area contributed by atoms with Gasteiger partial charge in [-0.25, -0.2) is 9.97 Å². The molecule has 0 aromatic carbocycles. The second kappa shape index (κ2) is 6.93. The van der Waals surface area contributed by atoms with Crippen molar-refractivity contribution < 1.29 is 9.53 Å². The van der Waals surface area contributed by atoms with Crippen molar-refractivity contribution in [2.45, 2.75) is 37.3 Å². The zero-order chi connectivity index (χ0) is 15.5. The van der Waals surface area contributed by atoms with E-state index in [1.807, 2.05) is 6.92 Å². The van der Waals surface area contributed by atoms with E-state index in [1.165, 1.54) is 34.0 Å². The Morgan fingerprint density at radius 1 is 1.50 bits per heavy atom. The summed E-state index contributed by atoms with van der Waals surface area (Å²) in [5.74, 6) is 0.373. The number of hydrogen-bond acceptors (Lipinski definition) is 6. The number of aryl methyl sites for hydroxylation is 2. The van der Waals surface area contributed by atoms with E-state index in [-0.39, 0.29) is 11.9 Å². The molecule has 118 valence electrons. The number of hydrogen-bond donors (Lipinski definition) is 1. The van der Waals surface area contributed by atoms with E-state index in [0.717, 1.165) is 22.7 Å². The summed E-state index contributed by atoms with van der Waals surface area (Å²) in [6, 6.07) is 0.0221. The van der Waals surface area contributed by atoms with Crippen molar-refractivity contribution in [1.82, 2.24) is 15.3 Å². The lowest BCUT2D eigenvalue weighted by Gasteiger charge is -2.12. The van der Waals surface area contributed by atoms with E-state index in [4.69, 9.17) is 4.74 Å². The van der Waals surface area contributed by atoms with Crippen LogP contribution in [-0.2, 0) is 22.4 Å². The number of thioether (sulfide) groups is 1. The normalized spacial score (nSPS) is 15.0. The lowest BCUT2D eigenvalue weighted by Crippen LogP contribution is -2.36. The molecule has 1 atom stereocenters. The van der Waals surface area contributed by atoms with Gasteiger partial charge in [0.25, 0.3) is 0 Å². The van der Waals surface area contributed by atoms with Crippen LogP contribution in [0.4, 0.5) is 0 Å². The smallest absolute Gasteiger partial charge is 0.230 e. The van der Waals surface area contributed by atoms with Crippen LogP contribution in [0.3, 0.4) is 0 Å². The average molecular weight is 337 g/mol. The molecule has 0 radical (unpaired) electrons. The number of ether oxygens (including phenoxy) is 1. The third-order valence-corrected chi connectivity index (χ3v) is 5.82. The topological polar surface area (TPSA) is 64.1 Å². The van der Waals surface area contributed by atoms with Crippen molar-refractivity contribution in [2.24, 2.45) is 0 Å². The highest BCUT2D eigenvalue weighted by Crippen LogP contribution is 2.39. The minimum Gasteiger partial charge on any atom is -0.383 e. The summed E-state index contributed by atoms with van der Waals surface area (Å²) in [6.45, 7) is 2.45. The lowest BCUT2D eigenvalue weighted by molar-refractivity contribution is -0.119. The zero-order valence-electron chi connectivity index (χ0n) is 12.7. The molecule has 0 saturated heterocycles. The molecule has 22 heavy (non-hydrogen) atoms. The first-order valence-corrected chi connectivity index (χ1v) is 9.15. The number of methoxy groups -OCH3 is 1. The molecule has 0 saturated carbocycles. The van der Waals surface area contributed by atoms with Gasteiger partial charge in [-0.2, -0.15) is 0 Å². The molecule has 1 amide bonds. The Kier molecular flexibility index (Phi) is 4.95. The number of nitrogens with one attached hydrogen (secondary N) is 1. The lowest BCUT2D eigenvalue weighted by atomic mass is 10.2. The number of carbonyl (C=O) groups excluding carboxylic acids is 1. The van der Waals surface area contributed by atoms with Crippen LogP contribution in [0.1, 0.15) is 23.8 Å². The minimum absolute atomic E-state index is 0.00758. The van der Waals surface area contributed by atoms with Crippen LogP contribution in [0.15, 0.2) is 11.4 Å². The van der Waals surface area contributed by atoms with Gasteiger partial charge >= 0.3 is 0 Å². The first-order valence-electron chi connectivity index (χ1n) is 7.35. The van der Waals surface area contributed by atoms with Crippen molar-refractivity contribution in [2.75, 3.05) is 19.5 Å². The third-order valence-electron chi connectivity index (χ3n) is 3.63. The van der Waals surface area contributed by atoms with Gasteiger partial charge in [0.2, 0.25) is 5.91 Å². The molecule has 2 aromatic heterocycles. The van der Waals surface area contributed by atoms with E-state index in [2.05, 4.69) is 15.3 Å². The molecule has 1 N–H and O–H groups in total. The van der Waals surface area contributed by atoms with Crippen LogP contribution in [-0.4, -0.2) is 41.4 Å². The Balaban J connectivity index is 1.70. The molecule has 5 nitrogen and oxygen atoms in total. The number of aromatic nitrogens is 2. The van der Waals surface area contributed by atoms with Gasteiger partial charge in [0.05, 0.1) is 12.4 Å². The van der Waals surface area contributed by atoms with Crippen molar-refractivity contribution in [3.63, 3.8) is 0 Å². The van der Waals surface area contributed by atoms with Gasteiger partial charge in [-0.1, -0.05) is 11.8 Å². The molecule has 0 bridgehead atoms. The number of nitrogens with zero attached hydrogens (tertiary/aromatic N) is 2. The van der Waals surface area contributed by atoms with Gasteiger partial charge in [-0.3, -0.25) is 4.79 Å². The van der Waals surface area contributed by atoms with Crippen LogP contribution < -0.4 is 5.32 Å². The molecule has 1 aliphatic carbocycles. The summed E-state index contributed by atoms with van der Waals surface area (Å²) >= 11 is 3.26. The number of thiophene rings is 1. The van der Waals surface area contributed by atoms with Gasteiger partial charge in [0.15, 0.2) is 0 Å². The predicted molar refractivity (Wildman–Crippen MR) is 89.6 cm³/mol. The van der Waals surface area contributed by atoms with Gasteiger partial charge in [-0.05, 0) is 31.7 Å². The highest BCUT2D eigenvalue weighted by Gasteiger charge is 2.21. The zero-order valence-corrected chi connectivity index (χ0v) is 14.4. The molecule has 2 heterocycles. The Morgan fingerprint density at radius 2 is 2.36 bits per heavy atom. The fourth-order valence-electron chi connectivity index (χ4n) is 2.75. The number of fused-ring (bicyclic) bond motifs is 3. The maximum Gasteiger partial charge on any atom is 0.230 e. The van der Waals surface area contributed by atoms with Crippen molar-refractivity contribution >= 4 is 39.2 Å². The molecule has 2 aromatic rings. The molecule has 3 rings (SSSR count). The van der Waals surface area contributed by atoms with Crippen LogP contribution in [0.2, 0.25) is 0 Å². The maximum absolute atomic E-state index is 12.0. The predicted octanol–water partition coefficient (Wildman–Crippen LogP) is 2.42. The van der Waals surface area contributed by atoms with Gasteiger partial charge in [0.1, 0.15) is 16.2 Å². The number of carbonyl (C=O) groups is 1. The van der Waals surface area contributed by atoms with Crippen LogP contribution in [0.5, 0.6) is 0 Å². The van der Waals surface area contributed by atoms with E-state index in [9.17, 15) is 4.79 Å². The summed E-state index contributed by atoms with van der Waals surface area (Å²) in [4.78, 5) is 23.3. The highest BCUT2D eigenvalue weighted by atomic mass is 32.2. The third kappa shape index (κ3) is 3.26. The molecular formula is C15H19N3O2S2. The summed E-state index contributed by atoms with van der Waals surface area (Å²) in [5.41, 5.74) is 1.40. The summed E-state index contributed by atoms with van der Waals surface area (Å²) in [7, 11) is 1.63. The molecule has 1 aliphatic rings. The second-order valence-electron chi connectivity index (χ2n) is 5.43. The fourth-order valence-corrected chi connectivity index (χ4v) is 4.88. The van der Waals surface area contributed by atoms with Crippen LogP contribution in [0, 0.1) is 0 Å². The van der Waals surface area contributed by atoms with Crippen LogP contribution >= 0.6 is 23.1 Å². The van der Waals surface area contributed by atoms with Crippen LogP contribution in [0.25, 0.3) is 10.2 Å². The Labute approximate surface area is 137 Å². The van der Waals surface area contributed by atoms with Gasteiger partial charge < -0.3 is 10.1 Å². The average Bonchev–Trinajstić information content (AvgIpc) is 3.05. The summed E-state index contributed by atoms with van der Waals surface area (Å²) < 4.78 is 5.02. The molecule has 0 fully saturated rings. The second-order valence-corrected chi connectivity index (χ2v) is 7.48.